The van der Waals surface area contributed by atoms with E-state index in [2.05, 4.69) is 23.9 Å². The summed E-state index contributed by atoms with van der Waals surface area (Å²) in [4.78, 5) is 0. The van der Waals surface area contributed by atoms with Crippen LogP contribution in [0.5, 0.6) is 0 Å². The summed E-state index contributed by atoms with van der Waals surface area (Å²) in [6.07, 6.45) is 1.79. The largest absolute Gasteiger partial charge is 0.318 e. The van der Waals surface area contributed by atoms with Gasteiger partial charge in [-0.1, -0.05) is 11.8 Å². The molecular weight excluding hydrogens is 162 g/mol. The summed E-state index contributed by atoms with van der Waals surface area (Å²) in [5.74, 6) is 5.92. The first-order chi connectivity index (χ1) is 6.15. The number of rotatable bonds is 1. The zero-order chi connectivity index (χ0) is 9.84. The Kier molecular flexibility index (Phi) is 3.10. The maximum absolute atomic E-state index is 5.53. The van der Waals surface area contributed by atoms with Gasteiger partial charge in [-0.15, -0.1) is 0 Å². The van der Waals surface area contributed by atoms with Crippen LogP contribution < -0.4 is 5.73 Å². The number of nitrogens with zero attached hydrogens (tertiary/aromatic N) is 2. The van der Waals surface area contributed by atoms with Crippen molar-refractivity contribution < 1.29 is 0 Å². The third kappa shape index (κ3) is 2.33. The second kappa shape index (κ2) is 4.11. The number of aryl methyl sites for hydroxylation is 1. The van der Waals surface area contributed by atoms with Crippen LogP contribution in [-0.4, -0.2) is 15.8 Å². The van der Waals surface area contributed by atoms with Gasteiger partial charge in [0, 0.05) is 6.54 Å². The van der Waals surface area contributed by atoms with E-state index in [0.717, 1.165) is 17.8 Å². The SMILES string of the molecule is CCn1ncc(C#CC(C)N)c1C. The van der Waals surface area contributed by atoms with Crippen molar-refractivity contribution in [2.24, 2.45) is 5.73 Å². The minimum atomic E-state index is -0.0793. The molecule has 2 N–H and O–H groups in total. The van der Waals surface area contributed by atoms with Crippen LogP contribution >= 0.6 is 0 Å². The zero-order valence-corrected chi connectivity index (χ0v) is 8.33. The molecule has 1 heterocycles. The van der Waals surface area contributed by atoms with Crippen molar-refractivity contribution in [1.29, 1.82) is 0 Å². The van der Waals surface area contributed by atoms with Crippen LogP contribution in [0.15, 0.2) is 6.20 Å². The van der Waals surface area contributed by atoms with Gasteiger partial charge in [-0.2, -0.15) is 5.10 Å². The Balaban J connectivity index is 2.92. The Bertz CT molecular complexity index is 339. The standard InChI is InChI=1S/C10H15N3/c1-4-13-9(3)10(7-12-13)6-5-8(2)11/h7-8H,4,11H2,1-3H3. The van der Waals surface area contributed by atoms with Crippen LogP contribution in [-0.2, 0) is 6.54 Å². The van der Waals surface area contributed by atoms with Crippen molar-refractivity contribution >= 4 is 0 Å². The van der Waals surface area contributed by atoms with Crippen LogP contribution in [0, 0.1) is 18.8 Å². The molecule has 3 heteroatoms. The van der Waals surface area contributed by atoms with E-state index >= 15 is 0 Å². The molecule has 1 unspecified atom stereocenters. The van der Waals surface area contributed by atoms with E-state index in [1.54, 1.807) is 6.20 Å². The molecule has 0 aliphatic heterocycles. The monoisotopic (exact) mass is 177 g/mol. The van der Waals surface area contributed by atoms with E-state index in [-0.39, 0.29) is 6.04 Å². The molecule has 1 atom stereocenters. The average Bonchev–Trinajstić information content (AvgIpc) is 2.43. The quantitative estimate of drug-likeness (QED) is 0.648. The van der Waals surface area contributed by atoms with E-state index in [0.29, 0.717) is 0 Å². The smallest absolute Gasteiger partial charge is 0.0655 e. The number of hydrogen-bond donors (Lipinski definition) is 1. The second-order valence-corrected chi connectivity index (χ2v) is 3.02. The highest BCUT2D eigenvalue weighted by Gasteiger charge is 2.00. The van der Waals surface area contributed by atoms with E-state index in [1.165, 1.54) is 0 Å². The molecule has 0 spiro atoms. The molecule has 0 saturated carbocycles. The van der Waals surface area contributed by atoms with Crippen molar-refractivity contribution in [2.45, 2.75) is 33.4 Å². The Labute approximate surface area is 78.9 Å². The van der Waals surface area contributed by atoms with Crippen LogP contribution in [0.2, 0.25) is 0 Å². The molecule has 0 saturated heterocycles. The number of nitrogens with two attached hydrogens (primary N) is 1. The first-order valence-corrected chi connectivity index (χ1v) is 4.44. The van der Waals surface area contributed by atoms with Gasteiger partial charge >= 0.3 is 0 Å². The summed E-state index contributed by atoms with van der Waals surface area (Å²) in [5, 5.41) is 4.19. The molecule has 0 aliphatic carbocycles. The fraction of sp³-hybridized carbons (Fsp3) is 0.500. The molecule has 0 bridgehead atoms. The molecule has 13 heavy (non-hydrogen) atoms. The molecule has 1 aromatic heterocycles. The Morgan fingerprint density at radius 2 is 2.38 bits per heavy atom. The number of hydrogen-bond acceptors (Lipinski definition) is 2. The fourth-order valence-corrected chi connectivity index (χ4v) is 1.08. The third-order valence-corrected chi connectivity index (χ3v) is 1.84. The zero-order valence-electron chi connectivity index (χ0n) is 8.33. The lowest BCUT2D eigenvalue weighted by Crippen LogP contribution is -2.10. The predicted octanol–water partition coefficient (Wildman–Crippen LogP) is 0.910. The molecule has 0 radical (unpaired) electrons. The lowest BCUT2D eigenvalue weighted by Gasteiger charge is -1.97. The second-order valence-electron chi connectivity index (χ2n) is 3.02. The molecule has 0 aromatic carbocycles. The maximum atomic E-state index is 5.53. The molecule has 0 aliphatic rings. The molecule has 0 amide bonds. The third-order valence-electron chi connectivity index (χ3n) is 1.84. The van der Waals surface area contributed by atoms with Crippen molar-refractivity contribution in [3.05, 3.63) is 17.5 Å². The van der Waals surface area contributed by atoms with Crippen molar-refractivity contribution in [2.75, 3.05) is 0 Å². The van der Waals surface area contributed by atoms with Gasteiger partial charge in [-0.25, -0.2) is 0 Å². The molecule has 70 valence electrons. The molecular formula is C10H15N3. The van der Waals surface area contributed by atoms with E-state index in [4.69, 9.17) is 5.73 Å². The van der Waals surface area contributed by atoms with Gasteiger partial charge in [0.15, 0.2) is 0 Å². The molecule has 1 rings (SSSR count). The first-order valence-electron chi connectivity index (χ1n) is 4.44. The lowest BCUT2D eigenvalue weighted by molar-refractivity contribution is 0.639. The minimum absolute atomic E-state index is 0.0793. The first kappa shape index (κ1) is 9.82. The summed E-state index contributed by atoms with van der Waals surface area (Å²) in [6, 6.07) is -0.0793. The lowest BCUT2D eigenvalue weighted by atomic mass is 10.2. The van der Waals surface area contributed by atoms with Crippen LogP contribution in [0.3, 0.4) is 0 Å². The normalized spacial score (nSPS) is 12.0. The van der Waals surface area contributed by atoms with Crippen LogP contribution in [0.1, 0.15) is 25.1 Å². The van der Waals surface area contributed by atoms with E-state index < -0.39 is 0 Å². The predicted molar refractivity (Wildman–Crippen MR) is 53.2 cm³/mol. The van der Waals surface area contributed by atoms with Gasteiger partial charge in [-0.05, 0) is 20.8 Å². The minimum Gasteiger partial charge on any atom is -0.318 e. The summed E-state index contributed by atoms with van der Waals surface area (Å²) in [7, 11) is 0. The summed E-state index contributed by atoms with van der Waals surface area (Å²) in [6.45, 7) is 6.82. The van der Waals surface area contributed by atoms with Gasteiger partial charge in [-0.3, -0.25) is 4.68 Å². The molecule has 0 fully saturated rings. The van der Waals surface area contributed by atoms with Crippen LogP contribution in [0.4, 0.5) is 0 Å². The Morgan fingerprint density at radius 1 is 1.69 bits per heavy atom. The van der Waals surface area contributed by atoms with Crippen molar-refractivity contribution in [3.8, 4) is 11.8 Å². The number of aromatic nitrogens is 2. The van der Waals surface area contributed by atoms with Gasteiger partial charge in [0.25, 0.3) is 0 Å². The molecule has 3 nitrogen and oxygen atoms in total. The Morgan fingerprint density at radius 3 is 2.85 bits per heavy atom. The topological polar surface area (TPSA) is 43.8 Å². The fourth-order valence-electron chi connectivity index (χ4n) is 1.08. The summed E-state index contributed by atoms with van der Waals surface area (Å²) < 4.78 is 1.92. The van der Waals surface area contributed by atoms with Crippen molar-refractivity contribution in [3.63, 3.8) is 0 Å². The average molecular weight is 177 g/mol. The molecule has 1 aromatic rings. The summed E-state index contributed by atoms with van der Waals surface area (Å²) >= 11 is 0. The highest BCUT2D eigenvalue weighted by atomic mass is 15.3. The highest BCUT2D eigenvalue weighted by Crippen LogP contribution is 2.04. The maximum Gasteiger partial charge on any atom is 0.0655 e. The van der Waals surface area contributed by atoms with E-state index in [1.807, 2.05) is 18.5 Å². The van der Waals surface area contributed by atoms with Gasteiger partial charge in [0.1, 0.15) is 0 Å². The van der Waals surface area contributed by atoms with Crippen LogP contribution in [0.25, 0.3) is 0 Å². The van der Waals surface area contributed by atoms with Gasteiger partial charge in [0.2, 0.25) is 0 Å². The van der Waals surface area contributed by atoms with Gasteiger partial charge in [0.05, 0.1) is 23.5 Å². The van der Waals surface area contributed by atoms with E-state index in [9.17, 15) is 0 Å². The summed E-state index contributed by atoms with van der Waals surface area (Å²) in [5.41, 5.74) is 7.61. The Hall–Kier alpha value is -1.27. The van der Waals surface area contributed by atoms with Gasteiger partial charge < -0.3 is 5.73 Å². The highest BCUT2D eigenvalue weighted by molar-refractivity contribution is 5.36. The van der Waals surface area contributed by atoms with Crippen molar-refractivity contribution in [1.82, 2.24) is 9.78 Å².